The number of hydrogen-bond donors (Lipinski definition) is 5. The van der Waals surface area contributed by atoms with E-state index < -0.39 is 30.3 Å². The maximum Gasteiger partial charge on any atom is 0.303 e. The second kappa shape index (κ2) is 7.76. The Kier molecular flexibility index (Phi) is 6.67. The molecule has 1 aliphatic rings. The number of piperidine rings is 1. The lowest BCUT2D eigenvalue weighted by Gasteiger charge is -2.43. The quantitative estimate of drug-likeness (QED) is 0.355. The lowest BCUT2D eigenvalue weighted by molar-refractivity contribution is -0.145. The van der Waals surface area contributed by atoms with Crippen LogP contribution in [0, 0.1) is 0 Å². The largest absolute Gasteiger partial charge is 0.481 e. The third-order valence-electron chi connectivity index (χ3n) is 3.55. The van der Waals surface area contributed by atoms with Gasteiger partial charge >= 0.3 is 5.97 Å². The van der Waals surface area contributed by atoms with Gasteiger partial charge in [0, 0.05) is 13.0 Å². The third kappa shape index (κ3) is 4.70. The molecule has 0 bridgehead atoms. The van der Waals surface area contributed by atoms with Crippen molar-refractivity contribution in [2.45, 2.75) is 50.0 Å². The minimum absolute atomic E-state index is 0.132. The molecule has 0 amide bonds. The average Bonchev–Trinajstić information content (AvgIpc) is 2.35. The molecule has 1 heterocycles. The number of hydrogen-bond acceptors (Lipinski definition) is 6. The highest BCUT2D eigenvalue weighted by Gasteiger charge is 2.40. The van der Waals surface area contributed by atoms with Crippen molar-refractivity contribution in [3.05, 3.63) is 0 Å². The van der Waals surface area contributed by atoms with Crippen molar-refractivity contribution >= 4 is 5.97 Å². The number of carbonyl (C=O) groups is 1. The molecule has 0 radical (unpaired) electrons. The summed E-state index contributed by atoms with van der Waals surface area (Å²) in [7, 11) is 0. The van der Waals surface area contributed by atoms with Crippen molar-refractivity contribution in [2.75, 3.05) is 19.7 Å². The van der Waals surface area contributed by atoms with E-state index in [1.165, 1.54) is 0 Å². The summed E-state index contributed by atoms with van der Waals surface area (Å²) < 4.78 is 0. The Bertz CT molecular complexity index is 287. The molecule has 1 fully saturated rings. The van der Waals surface area contributed by atoms with Crippen molar-refractivity contribution in [2.24, 2.45) is 0 Å². The van der Waals surface area contributed by atoms with Gasteiger partial charge in [-0.3, -0.25) is 9.69 Å². The van der Waals surface area contributed by atoms with Gasteiger partial charge in [-0.15, -0.1) is 0 Å². The van der Waals surface area contributed by atoms with Crippen molar-refractivity contribution < 1.29 is 30.3 Å². The number of aliphatic hydroxyl groups is 4. The Hall–Kier alpha value is -0.730. The Morgan fingerprint density at radius 3 is 2.37 bits per heavy atom. The lowest BCUT2D eigenvalue weighted by Crippen LogP contribution is -2.62. The van der Waals surface area contributed by atoms with Crippen LogP contribution in [0.4, 0.5) is 0 Å². The average molecular weight is 277 g/mol. The fourth-order valence-electron chi connectivity index (χ4n) is 2.40. The molecule has 7 heteroatoms. The summed E-state index contributed by atoms with van der Waals surface area (Å²) in [5, 5.41) is 46.6. The van der Waals surface area contributed by atoms with Crippen molar-refractivity contribution in [3.8, 4) is 0 Å². The molecule has 1 saturated heterocycles. The van der Waals surface area contributed by atoms with E-state index in [1.807, 2.05) is 0 Å². The predicted molar refractivity (Wildman–Crippen MR) is 66.6 cm³/mol. The molecule has 1 rings (SSSR count). The fraction of sp³-hybridized carbons (Fsp3) is 0.917. The van der Waals surface area contributed by atoms with Gasteiger partial charge in [0.05, 0.1) is 18.8 Å². The van der Waals surface area contributed by atoms with E-state index in [4.69, 9.17) is 5.11 Å². The number of carboxylic acids is 1. The van der Waals surface area contributed by atoms with Crippen LogP contribution in [0.1, 0.15) is 25.7 Å². The van der Waals surface area contributed by atoms with Gasteiger partial charge in [0.25, 0.3) is 0 Å². The topological polar surface area (TPSA) is 121 Å². The van der Waals surface area contributed by atoms with Crippen LogP contribution in [-0.4, -0.2) is 80.5 Å². The molecule has 0 aromatic heterocycles. The maximum absolute atomic E-state index is 10.3. The van der Waals surface area contributed by atoms with Gasteiger partial charge in [-0.1, -0.05) is 6.42 Å². The normalized spacial score (nSPS) is 32.4. The summed E-state index contributed by atoms with van der Waals surface area (Å²) in [6, 6.07) is -0.585. The first-order valence-corrected chi connectivity index (χ1v) is 6.58. The number of rotatable bonds is 7. The number of likely N-dealkylation sites (tertiary alicyclic amines) is 1. The molecule has 0 spiro atoms. The fourth-order valence-corrected chi connectivity index (χ4v) is 2.40. The highest BCUT2D eigenvalue weighted by molar-refractivity contribution is 5.66. The third-order valence-corrected chi connectivity index (χ3v) is 3.55. The van der Waals surface area contributed by atoms with Crippen LogP contribution in [0.5, 0.6) is 0 Å². The molecule has 5 N–H and O–H groups in total. The van der Waals surface area contributed by atoms with Gasteiger partial charge in [-0.05, 0) is 19.4 Å². The summed E-state index contributed by atoms with van der Waals surface area (Å²) in [5.41, 5.74) is 0. The smallest absolute Gasteiger partial charge is 0.303 e. The maximum atomic E-state index is 10.3. The standard InChI is InChI=1S/C12H23NO6/c14-7-8-11(18)12(19)9(15)6-13(8)5-3-1-2-4-10(16)17/h8-9,11-12,14-15,18-19H,1-7H2,(H,16,17)/t8-,9+,11+,12+/m0/s1. The first kappa shape index (κ1) is 16.3. The molecular weight excluding hydrogens is 254 g/mol. The number of unbranched alkanes of at least 4 members (excludes halogenated alkanes) is 2. The number of β-amino-alcohol motifs (C(OH)–C–C–N with tert-alkyl or cyclic N) is 1. The summed E-state index contributed by atoms with van der Waals surface area (Å²) >= 11 is 0. The second-order valence-electron chi connectivity index (χ2n) is 5.00. The van der Waals surface area contributed by atoms with Crippen LogP contribution < -0.4 is 0 Å². The molecule has 0 saturated carbocycles. The van der Waals surface area contributed by atoms with Crippen LogP contribution in [0.2, 0.25) is 0 Å². The Labute approximate surface area is 112 Å². The van der Waals surface area contributed by atoms with E-state index in [0.29, 0.717) is 13.0 Å². The Morgan fingerprint density at radius 2 is 1.79 bits per heavy atom. The van der Waals surface area contributed by atoms with Crippen LogP contribution >= 0.6 is 0 Å². The van der Waals surface area contributed by atoms with Gasteiger partial charge in [0.2, 0.25) is 0 Å². The van der Waals surface area contributed by atoms with Gasteiger partial charge in [0.15, 0.2) is 0 Å². The zero-order chi connectivity index (χ0) is 14.4. The lowest BCUT2D eigenvalue weighted by atomic mass is 9.94. The van der Waals surface area contributed by atoms with E-state index >= 15 is 0 Å². The zero-order valence-corrected chi connectivity index (χ0v) is 10.9. The van der Waals surface area contributed by atoms with Crippen LogP contribution in [0.15, 0.2) is 0 Å². The van der Waals surface area contributed by atoms with E-state index in [9.17, 15) is 25.2 Å². The summed E-state index contributed by atoms with van der Waals surface area (Å²) in [6.45, 7) is 0.453. The van der Waals surface area contributed by atoms with Gasteiger partial charge in [-0.25, -0.2) is 0 Å². The monoisotopic (exact) mass is 277 g/mol. The molecule has 112 valence electrons. The van der Waals surface area contributed by atoms with Crippen molar-refractivity contribution in [1.82, 2.24) is 4.90 Å². The highest BCUT2D eigenvalue weighted by atomic mass is 16.4. The minimum atomic E-state index is -1.24. The molecule has 1 aliphatic heterocycles. The summed E-state index contributed by atoms with van der Waals surface area (Å²) in [5.74, 6) is -0.819. The van der Waals surface area contributed by atoms with E-state index in [-0.39, 0.29) is 19.6 Å². The van der Waals surface area contributed by atoms with Crippen molar-refractivity contribution in [3.63, 3.8) is 0 Å². The van der Waals surface area contributed by atoms with Crippen LogP contribution in [0.25, 0.3) is 0 Å². The Morgan fingerprint density at radius 1 is 1.11 bits per heavy atom. The molecule has 7 nitrogen and oxygen atoms in total. The minimum Gasteiger partial charge on any atom is -0.481 e. The molecule has 4 atom stereocenters. The molecule has 0 aromatic carbocycles. The number of aliphatic hydroxyl groups excluding tert-OH is 4. The summed E-state index contributed by atoms with van der Waals surface area (Å²) in [6.07, 6.45) is -1.27. The van der Waals surface area contributed by atoms with E-state index in [1.54, 1.807) is 4.90 Å². The van der Waals surface area contributed by atoms with Gasteiger partial charge in [0.1, 0.15) is 12.2 Å². The van der Waals surface area contributed by atoms with Crippen LogP contribution in [-0.2, 0) is 4.79 Å². The first-order valence-electron chi connectivity index (χ1n) is 6.58. The molecule has 0 aliphatic carbocycles. The van der Waals surface area contributed by atoms with Gasteiger partial charge in [-0.2, -0.15) is 0 Å². The number of aliphatic carboxylic acids is 1. The van der Waals surface area contributed by atoms with Crippen molar-refractivity contribution in [1.29, 1.82) is 0 Å². The Balaban J connectivity index is 2.36. The molecular formula is C12H23NO6. The first-order chi connectivity index (χ1) is 8.97. The van der Waals surface area contributed by atoms with E-state index in [0.717, 1.165) is 12.8 Å². The molecule has 19 heavy (non-hydrogen) atoms. The van der Waals surface area contributed by atoms with E-state index in [2.05, 4.69) is 0 Å². The van der Waals surface area contributed by atoms with Gasteiger partial charge < -0.3 is 25.5 Å². The SMILES string of the molecule is O=C(O)CCCCCN1C[C@@H](O)[C@@H](O)[C@H](O)[C@@H]1CO. The second-order valence-corrected chi connectivity index (χ2v) is 5.00. The number of nitrogens with zero attached hydrogens (tertiary/aromatic N) is 1. The highest BCUT2D eigenvalue weighted by Crippen LogP contribution is 2.19. The molecule has 0 unspecified atom stereocenters. The number of carboxylic acid groups (broad SMARTS) is 1. The molecule has 0 aromatic rings. The zero-order valence-electron chi connectivity index (χ0n) is 10.9. The predicted octanol–water partition coefficient (Wildman–Crippen LogP) is -1.61. The summed E-state index contributed by atoms with van der Waals surface area (Å²) in [4.78, 5) is 12.1. The van der Waals surface area contributed by atoms with Crippen LogP contribution in [0.3, 0.4) is 0 Å².